The normalized spacial score (nSPS) is 21.8. The number of carbonyl (C=O) groups is 1. The van der Waals surface area contributed by atoms with Gasteiger partial charge in [-0.3, -0.25) is 4.79 Å². The molecule has 2 heterocycles. The molecule has 0 radical (unpaired) electrons. The molecule has 2 aliphatic rings. The Morgan fingerprint density at radius 2 is 2.31 bits per heavy atom. The van der Waals surface area contributed by atoms with Crippen molar-refractivity contribution in [3.63, 3.8) is 0 Å². The molecule has 26 heavy (non-hydrogen) atoms. The summed E-state index contributed by atoms with van der Waals surface area (Å²) in [4.78, 5) is 12.8. The number of benzene rings is 1. The zero-order valence-corrected chi connectivity index (χ0v) is 14.9. The summed E-state index contributed by atoms with van der Waals surface area (Å²) in [7, 11) is 0. The van der Waals surface area contributed by atoms with Crippen LogP contribution in [0.1, 0.15) is 34.6 Å². The molecule has 2 aromatic rings. The molecule has 0 unspecified atom stereocenters. The number of carbonyl (C=O) groups excluding carboxylic acids is 1. The molecule has 4 rings (SSSR count). The van der Waals surface area contributed by atoms with Crippen LogP contribution in [0.4, 0.5) is 4.39 Å². The van der Waals surface area contributed by atoms with Gasteiger partial charge in [-0.25, -0.2) is 9.07 Å². The van der Waals surface area contributed by atoms with E-state index in [9.17, 15) is 14.3 Å². The molecular weight excluding hydrogens is 361 g/mol. The van der Waals surface area contributed by atoms with Gasteiger partial charge in [0.25, 0.3) is 5.91 Å². The molecule has 1 aliphatic heterocycles. The summed E-state index contributed by atoms with van der Waals surface area (Å²) in [5, 5.41) is 17.2. The maximum absolute atomic E-state index is 14.4. The SMILES string of the molecule is O=C(N[C@@]1(CO)CCOC1)c1nn(-c2ccc(Cl)cc2F)c2c1CCC2. The maximum atomic E-state index is 14.4. The lowest BCUT2D eigenvalue weighted by molar-refractivity contribution is 0.0783. The summed E-state index contributed by atoms with van der Waals surface area (Å²) in [5.74, 6) is -0.853. The lowest BCUT2D eigenvalue weighted by Gasteiger charge is -2.25. The molecule has 0 spiro atoms. The van der Waals surface area contributed by atoms with E-state index in [1.165, 1.54) is 10.7 Å². The van der Waals surface area contributed by atoms with Gasteiger partial charge in [-0.15, -0.1) is 0 Å². The first kappa shape index (κ1) is 17.5. The van der Waals surface area contributed by atoms with Crippen molar-refractivity contribution in [2.75, 3.05) is 19.8 Å². The highest BCUT2D eigenvalue weighted by atomic mass is 35.5. The Morgan fingerprint density at radius 1 is 1.46 bits per heavy atom. The minimum absolute atomic E-state index is 0.201. The number of ether oxygens (including phenoxy) is 1. The van der Waals surface area contributed by atoms with Crippen LogP contribution in [-0.2, 0) is 17.6 Å². The number of aromatic nitrogens is 2. The second kappa shape index (κ2) is 6.64. The highest BCUT2D eigenvalue weighted by molar-refractivity contribution is 6.30. The quantitative estimate of drug-likeness (QED) is 0.852. The van der Waals surface area contributed by atoms with Crippen molar-refractivity contribution in [1.29, 1.82) is 0 Å². The smallest absolute Gasteiger partial charge is 0.272 e. The number of nitrogens with one attached hydrogen (secondary N) is 1. The molecule has 138 valence electrons. The fourth-order valence-corrected chi connectivity index (χ4v) is 3.80. The number of fused-ring (bicyclic) bond motifs is 1. The number of rotatable bonds is 4. The van der Waals surface area contributed by atoms with E-state index in [-0.39, 0.29) is 30.5 Å². The van der Waals surface area contributed by atoms with E-state index in [0.717, 1.165) is 30.5 Å². The molecule has 1 saturated heterocycles. The fraction of sp³-hybridized carbons (Fsp3) is 0.444. The van der Waals surface area contributed by atoms with Crippen LogP contribution in [0.25, 0.3) is 5.69 Å². The molecule has 2 N–H and O–H groups in total. The summed E-state index contributed by atoms with van der Waals surface area (Å²) in [6, 6.07) is 4.39. The predicted octanol–water partition coefficient (Wildman–Crippen LogP) is 2.03. The first-order valence-electron chi connectivity index (χ1n) is 8.60. The van der Waals surface area contributed by atoms with Crippen LogP contribution in [-0.4, -0.2) is 46.2 Å². The lowest BCUT2D eigenvalue weighted by atomic mass is 9.99. The van der Waals surface area contributed by atoms with Crippen molar-refractivity contribution in [3.8, 4) is 5.69 Å². The Hall–Kier alpha value is -1.96. The van der Waals surface area contributed by atoms with Gasteiger partial charge < -0.3 is 15.2 Å². The van der Waals surface area contributed by atoms with E-state index in [1.54, 1.807) is 12.1 Å². The number of aliphatic hydroxyl groups excluding tert-OH is 1. The molecule has 0 saturated carbocycles. The molecule has 1 amide bonds. The fourth-order valence-electron chi connectivity index (χ4n) is 3.64. The van der Waals surface area contributed by atoms with Crippen molar-refractivity contribution in [3.05, 3.63) is 46.0 Å². The summed E-state index contributed by atoms with van der Waals surface area (Å²) < 4.78 is 21.2. The van der Waals surface area contributed by atoms with Gasteiger partial charge in [-0.05, 0) is 43.9 Å². The van der Waals surface area contributed by atoms with Crippen LogP contribution in [0.5, 0.6) is 0 Å². The Morgan fingerprint density at radius 3 is 3.00 bits per heavy atom. The third kappa shape index (κ3) is 2.90. The predicted molar refractivity (Wildman–Crippen MR) is 93.3 cm³/mol. The first-order chi connectivity index (χ1) is 12.5. The molecule has 1 aromatic carbocycles. The standard InChI is InChI=1S/C18H19ClFN3O3/c19-11-4-5-15(13(20)8-11)23-14-3-1-2-12(14)16(22-23)17(25)21-18(9-24)6-7-26-10-18/h4-5,8,24H,1-3,6-7,9-10H2,(H,21,25)/t18-/m1/s1. The lowest BCUT2D eigenvalue weighted by Crippen LogP contribution is -2.52. The van der Waals surface area contributed by atoms with Crippen LogP contribution in [0.3, 0.4) is 0 Å². The largest absolute Gasteiger partial charge is 0.394 e. The summed E-state index contributed by atoms with van der Waals surface area (Å²) >= 11 is 5.83. The number of aliphatic hydroxyl groups is 1. The molecule has 8 heteroatoms. The van der Waals surface area contributed by atoms with E-state index in [4.69, 9.17) is 16.3 Å². The van der Waals surface area contributed by atoms with Gasteiger partial charge in [0, 0.05) is 22.9 Å². The Labute approximate surface area is 154 Å². The average molecular weight is 380 g/mol. The number of nitrogens with zero attached hydrogens (tertiary/aromatic N) is 2. The third-order valence-corrected chi connectivity index (χ3v) is 5.30. The van der Waals surface area contributed by atoms with Crippen LogP contribution < -0.4 is 5.32 Å². The average Bonchev–Trinajstić information content (AvgIpc) is 3.32. The van der Waals surface area contributed by atoms with Crippen LogP contribution in [0, 0.1) is 5.82 Å². The second-order valence-corrected chi connectivity index (χ2v) is 7.27. The van der Waals surface area contributed by atoms with Crippen LogP contribution >= 0.6 is 11.6 Å². The zero-order valence-electron chi connectivity index (χ0n) is 14.1. The number of amides is 1. The van der Waals surface area contributed by atoms with E-state index in [2.05, 4.69) is 10.4 Å². The molecule has 0 bridgehead atoms. The number of halogens is 2. The van der Waals surface area contributed by atoms with Crippen LogP contribution in [0.2, 0.25) is 5.02 Å². The summed E-state index contributed by atoms with van der Waals surface area (Å²) in [6.07, 6.45) is 2.88. The van der Waals surface area contributed by atoms with E-state index >= 15 is 0 Å². The van der Waals surface area contributed by atoms with Crippen molar-refractivity contribution in [2.24, 2.45) is 0 Å². The van der Waals surface area contributed by atoms with Crippen molar-refractivity contribution in [2.45, 2.75) is 31.2 Å². The van der Waals surface area contributed by atoms with Gasteiger partial charge in [0.1, 0.15) is 11.5 Å². The Balaban J connectivity index is 1.71. The molecule has 1 aromatic heterocycles. The van der Waals surface area contributed by atoms with Gasteiger partial charge in [-0.1, -0.05) is 11.6 Å². The topological polar surface area (TPSA) is 76.4 Å². The van der Waals surface area contributed by atoms with Gasteiger partial charge in [-0.2, -0.15) is 5.10 Å². The molecule has 1 atom stereocenters. The maximum Gasteiger partial charge on any atom is 0.272 e. The molecular formula is C18H19ClFN3O3. The van der Waals surface area contributed by atoms with Crippen molar-refractivity contribution in [1.82, 2.24) is 15.1 Å². The van der Waals surface area contributed by atoms with Crippen molar-refractivity contribution >= 4 is 17.5 Å². The van der Waals surface area contributed by atoms with E-state index in [1.807, 2.05) is 0 Å². The number of hydrogen-bond acceptors (Lipinski definition) is 4. The Bertz CT molecular complexity index is 862. The Kier molecular flexibility index (Phi) is 4.46. The molecule has 1 aliphatic carbocycles. The van der Waals surface area contributed by atoms with E-state index in [0.29, 0.717) is 18.1 Å². The highest BCUT2D eigenvalue weighted by Gasteiger charge is 2.38. The van der Waals surface area contributed by atoms with Crippen molar-refractivity contribution < 1.29 is 19.0 Å². The third-order valence-electron chi connectivity index (χ3n) is 5.07. The first-order valence-corrected chi connectivity index (χ1v) is 8.98. The van der Waals surface area contributed by atoms with Gasteiger partial charge in [0.2, 0.25) is 0 Å². The van der Waals surface area contributed by atoms with Gasteiger partial charge in [0.15, 0.2) is 5.69 Å². The zero-order chi connectivity index (χ0) is 18.3. The molecule has 6 nitrogen and oxygen atoms in total. The van der Waals surface area contributed by atoms with E-state index < -0.39 is 11.4 Å². The van der Waals surface area contributed by atoms with Crippen LogP contribution in [0.15, 0.2) is 18.2 Å². The summed E-state index contributed by atoms with van der Waals surface area (Å²) in [6.45, 7) is 0.556. The number of hydrogen-bond donors (Lipinski definition) is 2. The minimum Gasteiger partial charge on any atom is -0.394 e. The molecule has 1 fully saturated rings. The summed E-state index contributed by atoms with van der Waals surface area (Å²) in [5.41, 5.74) is 1.46. The second-order valence-electron chi connectivity index (χ2n) is 6.83. The van der Waals surface area contributed by atoms with Gasteiger partial charge in [0.05, 0.1) is 18.8 Å². The minimum atomic E-state index is -0.780. The monoisotopic (exact) mass is 379 g/mol. The highest BCUT2D eigenvalue weighted by Crippen LogP contribution is 2.30. The van der Waals surface area contributed by atoms with Gasteiger partial charge >= 0.3 is 0 Å².